The van der Waals surface area contributed by atoms with Crippen molar-refractivity contribution >= 4 is 27.5 Å². The molecular weight excluding hydrogens is 314 g/mol. The highest BCUT2D eigenvalue weighted by Crippen LogP contribution is 2.22. The second kappa shape index (κ2) is 5.96. The van der Waals surface area contributed by atoms with Crippen LogP contribution in [0.15, 0.2) is 23.1 Å². The lowest BCUT2D eigenvalue weighted by Gasteiger charge is -2.10. The van der Waals surface area contributed by atoms with Crippen LogP contribution in [0.4, 0.5) is 0 Å². The summed E-state index contributed by atoms with van der Waals surface area (Å²) in [6, 6.07) is 3.45. The molecule has 0 fully saturated rings. The number of aryl methyl sites for hydroxylation is 3. The molecule has 0 saturated carbocycles. The highest BCUT2D eigenvalue weighted by Gasteiger charge is 2.16. The SMILES string of the molecule is CCCc1cc2c(=O)n(NC(=O)c3ccnn3C)c(C)nc2s1. The summed E-state index contributed by atoms with van der Waals surface area (Å²) in [5.74, 6) is 0.0447. The molecule has 0 aliphatic heterocycles. The molecule has 23 heavy (non-hydrogen) atoms. The molecule has 120 valence electrons. The molecule has 0 saturated heterocycles. The first-order valence-corrected chi connectivity index (χ1v) is 8.14. The van der Waals surface area contributed by atoms with Crippen molar-refractivity contribution in [2.45, 2.75) is 26.7 Å². The van der Waals surface area contributed by atoms with Crippen molar-refractivity contribution in [1.82, 2.24) is 19.4 Å². The van der Waals surface area contributed by atoms with Crippen LogP contribution in [0.5, 0.6) is 0 Å². The van der Waals surface area contributed by atoms with E-state index < -0.39 is 5.91 Å². The Hall–Kier alpha value is -2.48. The van der Waals surface area contributed by atoms with Crippen LogP contribution in [0, 0.1) is 6.92 Å². The van der Waals surface area contributed by atoms with Crippen LogP contribution in [0.2, 0.25) is 0 Å². The second-order valence-corrected chi connectivity index (χ2v) is 6.38. The molecule has 7 nitrogen and oxygen atoms in total. The molecule has 0 unspecified atom stereocenters. The van der Waals surface area contributed by atoms with Gasteiger partial charge in [0.1, 0.15) is 16.3 Å². The molecule has 0 aliphatic rings. The Morgan fingerprint density at radius 2 is 2.22 bits per heavy atom. The molecule has 0 aromatic carbocycles. The zero-order chi connectivity index (χ0) is 16.6. The summed E-state index contributed by atoms with van der Waals surface area (Å²) >= 11 is 1.53. The Balaban J connectivity index is 2.02. The van der Waals surface area contributed by atoms with Crippen molar-refractivity contribution in [3.63, 3.8) is 0 Å². The predicted octanol–water partition coefficient (Wildman–Crippen LogP) is 1.84. The van der Waals surface area contributed by atoms with Crippen molar-refractivity contribution in [2.75, 3.05) is 5.43 Å². The smallest absolute Gasteiger partial charge is 0.267 e. The van der Waals surface area contributed by atoms with E-state index in [-0.39, 0.29) is 5.56 Å². The number of carbonyl (C=O) groups excluding carboxylic acids is 1. The lowest BCUT2D eigenvalue weighted by molar-refractivity contribution is 0.0997. The molecule has 3 aromatic rings. The highest BCUT2D eigenvalue weighted by molar-refractivity contribution is 7.18. The number of rotatable bonds is 4. The van der Waals surface area contributed by atoms with Gasteiger partial charge >= 0.3 is 0 Å². The van der Waals surface area contributed by atoms with Gasteiger partial charge in [0, 0.05) is 18.1 Å². The minimum atomic E-state index is -0.402. The molecular formula is C15H17N5O2S. The number of aromatic nitrogens is 4. The van der Waals surface area contributed by atoms with Crippen LogP contribution < -0.4 is 11.0 Å². The predicted molar refractivity (Wildman–Crippen MR) is 89.5 cm³/mol. The highest BCUT2D eigenvalue weighted by atomic mass is 32.1. The van der Waals surface area contributed by atoms with Gasteiger partial charge in [0.25, 0.3) is 11.5 Å². The molecule has 0 radical (unpaired) electrons. The maximum absolute atomic E-state index is 12.6. The molecule has 1 amide bonds. The van der Waals surface area contributed by atoms with Gasteiger partial charge in [-0.3, -0.25) is 19.7 Å². The van der Waals surface area contributed by atoms with E-state index in [1.165, 1.54) is 26.9 Å². The number of nitrogens with one attached hydrogen (secondary N) is 1. The summed E-state index contributed by atoms with van der Waals surface area (Å²) in [5.41, 5.74) is 2.71. The number of amides is 1. The standard InChI is InChI=1S/C15H17N5O2S/c1-4-5-10-8-11-14(23-10)17-9(2)20(15(11)22)18-13(21)12-6-7-16-19(12)3/h6-8H,4-5H2,1-3H3,(H,18,21). The maximum Gasteiger partial charge on any atom is 0.288 e. The van der Waals surface area contributed by atoms with Gasteiger partial charge in [-0.15, -0.1) is 11.3 Å². The van der Waals surface area contributed by atoms with Gasteiger partial charge in [-0.25, -0.2) is 9.66 Å². The van der Waals surface area contributed by atoms with E-state index in [0.29, 0.717) is 21.7 Å². The quantitative estimate of drug-likeness (QED) is 0.791. The third-order valence-corrected chi connectivity index (χ3v) is 4.64. The van der Waals surface area contributed by atoms with Crippen LogP contribution in [0.1, 0.15) is 34.5 Å². The first-order chi connectivity index (χ1) is 11.0. The van der Waals surface area contributed by atoms with Crippen LogP contribution in [0.25, 0.3) is 10.2 Å². The zero-order valence-corrected chi connectivity index (χ0v) is 14.0. The van der Waals surface area contributed by atoms with Crippen LogP contribution in [-0.2, 0) is 13.5 Å². The van der Waals surface area contributed by atoms with E-state index in [2.05, 4.69) is 22.4 Å². The molecule has 3 heterocycles. The molecule has 3 rings (SSSR count). The summed E-state index contributed by atoms with van der Waals surface area (Å²) in [7, 11) is 1.67. The van der Waals surface area contributed by atoms with E-state index in [4.69, 9.17) is 0 Å². The average molecular weight is 331 g/mol. The molecule has 0 spiro atoms. The molecule has 8 heteroatoms. The number of fused-ring (bicyclic) bond motifs is 1. The minimum Gasteiger partial charge on any atom is -0.267 e. The Labute approximate surface area is 136 Å². The van der Waals surface area contributed by atoms with E-state index in [1.807, 2.05) is 6.07 Å². The first kappa shape index (κ1) is 15.4. The first-order valence-electron chi connectivity index (χ1n) is 7.32. The molecule has 1 N–H and O–H groups in total. The van der Waals surface area contributed by atoms with E-state index in [9.17, 15) is 9.59 Å². The fourth-order valence-corrected chi connectivity index (χ4v) is 3.55. The summed E-state index contributed by atoms with van der Waals surface area (Å²) < 4.78 is 2.64. The second-order valence-electron chi connectivity index (χ2n) is 5.26. The van der Waals surface area contributed by atoms with Gasteiger partial charge in [0.05, 0.1) is 5.39 Å². The molecule has 0 aliphatic carbocycles. The van der Waals surface area contributed by atoms with Gasteiger partial charge in [-0.05, 0) is 25.5 Å². The minimum absolute atomic E-state index is 0.262. The molecule has 0 bridgehead atoms. The maximum atomic E-state index is 12.6. The van der Waals surface area contributed by atoms with Crippen LogP contribution >= 0.6 is 11.3 Å². The van der Waals surface area contributed by atoms with Crippen molar-refractivity contribution in [3.8, 4) is 0 Å². The van der Waals surface area contributed by atoms with Crippen molar-refractivity contribution in [1.29, 1.82) is 0 Å². The number of hydrogen-bond acceptors (Lipinski definition) is 5. The largest absolute Gasteiger partial charge is 0.288 e. The Morgan fingerprint density at radius 3 is 2.87 bits per heavy atom. The van der Waals surface area contributed by atoms with E-state index in [0.717, 1.165) is 17.7 Å². The molecule has 0 atom stereocenters. The van der Waals surface area contributed by atoms with Crippen LogP contribution in [-0.4, -0.2) is 25.3 Å². The third-order valence-electron chi connectivity index (χ3n) is 3.55. The monoisotopic (exact) mass is 331 g/mol. The topological polar surface area (TPSA) is 81.8 Å². The van der Waals surface area contributed by atoms with Crippen molar-refractivity contribution in [2.24, 2.45) is 7.05 Å². The average Bonchev–Trinajstić information content (AvgIpc) is 3.10. The summed E-state index contributed by atoms with van der Waals surface area (Å²) in [6.45, 7) is 3.79. The van der Waals surface area contributed by atoms with Gasteiger partial charge in [-0.1, -0.05) is 13.3 Å². The summed E-state index contributed by atoms with van der Waals surface area (Å²) in [5, 5.41) is 4.49. The number of thiophene rings is 1. The Morgan fingerprint density at radius 1 is 1.43 bits per heavy atom. The van der Waals surface area contributed by atoms with Gasteiger partial charge in [0.2, 0.25) is 0 Å². The zero-order valence-electron chi connectivity index (χ0n) is 13.2. The van der Waals surface area contributed by atoms with E-state index >= 15 is 0 Å². The summed E-state index contributed by atoms with van der Waals surface area (Å²) in [4.78, 5) is 31.2. The lowest BCUT2D eigenvalue weighted by Crippen LogP contribution is -2.36. The van der Waals surface area contributed by atoms with E-state index in [1.54, 1.807) is 20.0 Å². The fourth-order valence-electron chi connectivity index (χ4n) is 2.39. The Kier molecular flexibility index (Phi) is 3.99. The summed E-state index contributed by atoms with van der Waals surface area (Å²) in [6.07, 6.45) is 3.46. The lowest BCUT2D eigenvalue weighted by atomic mass is 10.2. The van der Waals surface area contributed by atoms with Gasteiger partial charge < -0.3 is 0 Å². The number of hydrogen-bond donors (Lipinski definition) is 1. The molecule has 3 aromatic heterocycles. The Bertz CT molecular complexity index is 937. The normalized spacial score (nSPS) is 11.1. The number of nitrogens with zero attached hydrogens (tertiary/aromatic N) is 4. The van der Waals surface area contributed by atoms with Crippen molar-refractivity contribution in [3.05, 3.63) is 45.1 Å². The number of carbonyl (C=O) groups is 1. The van der Waals surface area contributed by atoms with Gasteiger partial charge in [0.15, 0.2) is 0 Å². The van der Waals surface area contributed by atoms with Crippen LogP contribution in [0.3, 0.4) is 0 Å². The fraction of sp³-hybridized carbons (Fsp3) is 0.333. The third kappa shape index (κ3) is 2.77. The van der Waals surface area contributed by atoms with Gasteiger partial charge in [-0.2, -0.15) is 5.10 Å². The van der Waals surface area contributed by atoms with Crippen molar-refractivity contribution < 1.29 is 4.79 Å².